The third-order valence-corrected chi connectivity index (χ3v) is 3.98. The molecule has 0 fully saturated rings. The van der Waals surface area contributed by atoms with Crippen molar-refractivity contribution in [3.63, 3.8) is 0 Å². The summed E-state index contributed by atoms with van der Waals surface area (Å²) >= 11 is 0. The fourth-order valence-corrected chi connectivity index (χ4v) is 2.48. The van der Waals surface area contributed by atoms with E-state index < -0.39 is 9.84 Å². The van der Waals surface area contributed by atoms with Crippen LogP contribution in [-0.4, -0.2) is 34.6 Å². The standard InChI is InChI=1S/C14H11N7O2S/c1-24(22,23)14-17-6-11-12(21-14)13(19-7-18-11)20-9-2-3-10(16)8(4-9)5-15/h2-4,6-7H,16H2,1H3,(H,18,19,20). The first-order valence-electron chi connectivity index (χ1n) is 6.63. The van der Waals surface area contributed by atoms with Crippen LogP contribution >= 0.6 is 0 Å². The first kappa shape index (κ1) is 15.6. The Morgan fingerprint density at radius 1 is 1.25 bits per heavy atom. The molecule has 2 aromatic heterocycles. The van der Waals surface area contributed by atoms with Crippen LogP contribution in [-0.2, 0) is 9.84 Å². The lowest BCUT2D eigenvalue weighted by atomic mass is 10.2. The molecule has 3 rings (SSSR count). The minimum Gasteiger partial charge on any atom is -0.398 e. The zero-order valence-corrected chi connectivity index (χ0v) is 13.2. The van der Waals surface area contributed by atoms with Crippen LogP contribution in [0.2, 0.25) is 0 Å². The van der Waals surface area contributed by atoms with Gasteiger partial charge in [-0.25, -0.2) is 28.4 Å². The monoisotopic (exact) mass is 341 g/mol. The lowest BCUT2D eigenvalue weighted by Gasteiger charge is -2.09. The number of nitrogen functional groups attached to an aromatic ring is 1. The summed E-state index contributed by atoms with van der Waals surface area (Å²) in [5.41, 5.74) is 7.55. The van der Waals surface area contributed by atoms with Gasteiger partial charge in [0.1, 0.15) is 23.4 Å². The predicted molar refractivity (Wildman–Crippen MR) is 87.1 cm³/mol. The third-order valence-electron chi connectivity index (χ3n) is 3.12. The summed E-state index contributed by atoms with van der Waals surface area (Å²) in [6.45, 7) is 0. The molecule has 0 unspecified atom stereocenters. The normalized spacial score (nSPS) is 11.2. The Kier molecular flexibility index (Phi) is 3.70. The van der Waals surface area contributed by atoms with Crippen molar-refractivity contribution in [2.45, 2.75) is 5.16 Å². The second-order valence-electron chi connectivity index (χ2n) is 4.92. The number of sulfone groups is 1. The van der Waals surface area contributed by atoms with E-state index in [1.807, 2.05) is 6.07 Å². The number of aromatic nitrogens is 4. The summed E-state index contributed by atoms with van der Waals surface area (Å²) < 4.78 is 23.3. The fraction of sp³-hybridized carbons (Fsp3) is 0.0714. The quantitative estimate of drug-likeness (QED) is 0.526. The Balaban J connectivity index is 2.11. The van der Waals surface area contributed by atoms with Crippen LogP contribution in [0.1, 0.15) is 5.56 Å². The van der Waals surface area contributed by atoms with Crippen LogP contribution in [0.15, 0.2) is 35.9 Å². The molecule has 0 saturated carbocycles. The molecule has 0 atom stereocenters. The van der Waals surface area contributed by atoms with E-state index in [-0.39, 0.29) is 10.7 Å². The highest BCUT2D eigenvalue weighted by Gasteiger charge is 2.15. The molecule has 0 aliphatic carbocycles. The summed E-state index contributed by atoms with van der Waals surface area (Å²) in [5, 5.41) is 11.7. The summed E-state index contributed by atoms with van der Waals surface area (Å²) in [6.07, 6.45) is 3.64. The van der Waals surface area contributed by atoms with Crippen molar-refractivity contribution in [2.24, 2.45) is 0 Å². The number of hydrogen-bond acceptors (Lipinski definition) is 9. The van der Waals surface area contributed by atoms with E-state index in [2.05, 4.69) is 25.3 Å². The second-order valence-corrected chi connectivity index (χ2v) is 6.83. The van der Waals surface area contributed by atoms with Crippen LogP contribution < -0.4 is 11.1 Å². The summed E-state index contributed by atoms with van der Waals surface area (Å²) in [4.78, 5) is 15.9. The Hall–Kier alpha value is -3.32. The molecule has 24 heavy (non-hydrogen) atoms. The van der Waals surface area contributed by atoms with E-state index in [1.165, 1.54) is 12.5 Å². The highest BCUT2D eigenvalue weighted by atomic mass is 32.2. The Morgan fingerprint density at radius 3 is 2.75 bits per heavy atom. The molecule has 10 heteroatoms. The molecule has 0 aliphatic heterocycles. The molecule has 3 aromatic rings. The number of nitrogens with one attached hydrogen (secondary N) is 1. The highest BCUT2D eigenvalue weighted by Crippen LogP contribution is 2.24. The van der Waals surface area contributed by atoms with Gasteiger partial charge in [0.2, 0.25) is 15.0 Å². The van der Waals surface area contributed by atoms with Gasteiger partial charge in [0.15, 0.2) is 5.82 Å². The number of nitrogens with two attached hydrogens (primary N) is 1. The number of nitriles is 1. The summed E-state index contributed by atoms with van der Waals surface area (Å²) in [5.74, 6) is 0.293. The number of fused-ring (bicyclic) bond motifs is 1. The molecule has 0 bridgehead atoms. The number of nitrogens with zero attached hydrogens (tertiary/aromatic N) is 5. The van der Waals surface area contributed by atoms with E-state index in [9.17, 15) is 8.42 Å². The van der Waals surface area contributed by atoms with Gasteiger partial charge in [0, 0.05) is 17.6 Å². The summed E-state index contributed by atoms with van der Waals surface area (Å²) in [7, 11) is -3.57. The molecule has 0 saturated heterocycles. The van der Waals surface area contributed by atoms with Crippen molar-refractivity contribution in [1.29, 1.82) is 5.26 Å². The fourth-order valence-electron chi connectivity index (χ4n) is 1.98. The molecule has 120 valence electrons. The number of benzene rings is 1. The molecule has 3 N–H and O–H groups in total. The lowest BCUT2D eigenvalue weighted by molar-refractivity contribution is 0.593. The molecule has 0 radical (unpaired) electrons. The molecule has 9 nitrogen and oxygen atoms in total. The van der Waals surface area contributed by atoms with Crippen molar-refractivity contribution in [2.75, 3.05) is 17.3 Å². The van der Waals surface area contributed by atoms with Crippen LogP contribution in [0.5, 0.6) is 0 Å². The van der Waals surface area contributed by atoms with Gasteiger partial charge in [-0.05, 0) is 18.2 Å². The van der Waals surface area contributed by atoms with Gasteiger partial charge in [0.05, 0.1) is 11.8 Å². The molecule has 2 heterocycles. The first-order valence-corrected chi connectivity index (χ1v) is 8.52. The molecule has 0 amide bonds. The highest BCUT2D eigenvalue weighted by molar-refractivity contribution is 7.90. The van der Waals surface area contributed by atoms with Gasteiger partial charge >= 0.3 is 0 Å². The van der Waals surface area contributed by atoms with E-state index in [0.29, 0.717) is 28.3 Å². The molecule has 1 aromatic carbocycles. The average molecular weight is 341 g/mol. The van der Waals surface area contributed by atoms with Crippen molar-refractivity contribution < 1.29 is 8.42 Å². The van der Waals surface area contributed by atoms with Crippen molar-refractivity contribution in [1.82, 2.24) is 19.9 Å². The van der Waals surface area contributed by atoms with E-state index in [0.717, 1.165) is 6.26 Å². The van der Waals surface area contributed by atoms with E-state index in [4.69, 9.17) is 11.0 Å². The largest absolute Gasteiger partial charge is 0.398 e. The minimum absolute atomic E-state index is 0.253. The van der Waals surface area contributed by atoms with Crippen LogP contribution in [0, 0.1) is 11.3 Å². The molecular formula is C14H11N7O2S. The predicted octanol–water partition coefficient (Wildman–Crippen LogP) is 1.02. The van der Waals surface area contributed by atoms with Gasteiger partial charge in [-0.1, -0.05) is 0 Å². The number of anilines is 3. The Morgan fingerprint density at radius 2 is 2.04 bits per heavy atom. The van der Waals surface area contributed by atoms with Crippen LogP contribution in [0.3, 0.4) is 0 Å². The topological polar surface area (TPSA) is 148 Å². The first-order chi connectivity index (χ1) is 11.4. The zero-order valence-electron chi connectivity index (χ0n) is 12.4. The van der Waals surface area contributed by atoms with Crippen LogP contribution in [0.4, 0.5) is 17.2 Å². The van der Waals surface area contributed by atoms with Crippen molar-refractivity contribution in [3.05, 3.63) is 36.3 Å². The minimum atomic E-state index is -3.57. The molecule has 0 aliphatic rings. The van der Waals surface area contributed by atoms with E-state index in [1.54, 1.807) is 18.2 Å². The molecular weight excluding hydrogens is 330 g/mol. The smallest absolute Gasteiger partial charge is 0.247 e. The zero-order chi connectivity index (χ0) is 17.3. The van der Waals surface area contributed by atoms with Gasteiger partial charge in [-0.15, -0.1) is 0 Å². The number of rotatable bonds is 3. The third kappa shape index (κ3) is 2.92. The number of hydrogen-bond donors (Lipinski definition) is 2. The van der Waals surface area contributed by atoms with Crippen molar-refractivity contribution >= 4 is 38.1 Å². The van der Waals surface area contributed by atoms with Gasteiger partial charge in [-0.2, -0.15) is 5.26 Å². The Bertz CT molecular complexity index is 1090. The van der Waals surface area contributed by atoms with E-state index >= 15 is 0 Å². The van der Waals surface area contributed by atoms with Gasteiger partial charge in [0.25, 0.3) is 0 Å². The van der Waals surface area contributed by atoms with Crippen molar-refractivity contribution in [3.8, 4) is 6.07 Å². The average Bonchev–Trinajstić information content (AvgIpc) is 2.55. The maximum atomic E-state index is 11.6. The second kappa shape index (κ2) is 5.71. The Labute approximate surface area is 137 Å². The van der Waals surface area contributed by atoms with Crippen LogP contribution in [0.25, 0.3) is 11.0 Å². The van der Waals surface area contributed by atoms with Gasteiger partial charge in [-0.3, -0.25) is 0 Å². The SMILES string of the molecule is CS(=O)(=O)c1ncc2ncnc(Nc3ccc(N)c(C#N)c3)c2n1. The maximum absolute atomic E-state index is 11.6. The lowest BCUT2D eigenvalue weighted by Crippen LogP contribution is -2.06. The summed E-state index contributed by atoms with van der Waals surface area (Å²) in [6, 6.07) is 6.80. The maximum Gasteiger partial charge on any atom is 0.247 e. The van der Waals surface area contributed by atoms with Gasteiger partial charge < -0.3 is 11.1 Å². The molecule has 0 spiro atoms.